The summed E-state index contributed by atoms with van der Waals surface area (Å²) in [5.74, 6) is 0.576. The summed E-state index contributed by atoms with van der Waals surface area (Å²) in [7, 11) is 1.87. The molecule has 0 radical (unpaired) electrons. The summed E-state index contributed by atoms with van der Waals surface area (Å²) < 4.78 is 3.48. The van der Waals surface area contributed by atoms with E-state index in [1.165, 1.54) is 0 Å². The molecule has 5 aromatic rings. The SMILES string of the molecule is Cn1cc(-c2cc(-c3ccc(N4CCN(C(=O)[C@@H](O)Cc5ccccc5)CC4)nc3)c3c(C#N)cnn3c2)cn1. The van der Waals surface area contributed by atoms with Crippen LogP contribution in [0.1, 0.15) is 11.1 Å². The van der Waals surface area contributed by atoms with Crippen molar-refractivity contribution in [3.63, 3.8) is 0 Å². The van der Waals surface area contributed by atoms with Gasteiger partial charge in [-0.2, -0.15) is 15.5 Å². The molecule has 1 aliphatic heterocycles. The minimum Gasteiger partial charge on any atom is -0.383 e. The second-order valence-electron chi connectivity index (χ2n) is 9.93. The van der Waals surface area contributed by atoms with Gasteiger partial charge in [0.2, 0.25) is 0 Å². The number of aryl methyl sites for hydroxylation is 1. The molecular weight excluding hydrogens is 504 g/mol. The number of carbonyl (C=O) groups is 1. The number of aromatic nitrogens is 5. The zero-order valence-corrected chi connectivity index (χ0v) is 22.1. The quantitative estimate of drug-likeness (QED) is 0.358. The zero-order valence-electron chi connectivity index (χ0n) is 22.1. The van der Waals surface area contributed by atoms with Gasteiger partial charge in [-0.15, -0.1) is 0 Å². The molecule has 1 N–H and O–H groups in total. The molecule has 0 bridgehead atoms. The van der Waals surface area contributed by atoms with Crippen molar-refractivity contribution < 1.29 is 9.90 Å². The number of anilines is 1. The molecule has 40 heavy (non-hydrogen) atoms. The Hall–Kier alpha value is -5.01. The molecule has 1 fully saturated rings. The maximum atomic E-state index is 12.8. The first-order valence-electron chi connectivity index (χ1n) is 13.1. The zero-order chi connectivity index (χ0) is 27.6. The van der Waals surface area contributed by atoms with Crippen LogP contribution in [0, 0.1) is 11.3 Å². The molecular formula is C30H28N8O2. The molecule has 1 aliphatic rings. The number of piperazine rings is 1. The molecule has 0 saturated carbocycles. The van der Waals surface area contributed by atoms with E-state index in [4.69, 9.17) is 4.98 Å². The van der Waals surface area contributed by atoms with Crippen LogP contribution in [0.4, 0.5) is 5.82 Å². The van der Waals surface area contributed by atoms with Gasteiger partial charge in [-0.1, -0.05) is 30.3 Å². The first kappa shape index (κ1) is 25.3. The number of aliphatic hydroxyl groups is 1. The molecule has 1 atom stereocenters. The van der Waals surface area contributed by atoms with Crippen molar-refractivity contribution in [1.82, 2.24) is 29.3 Å². The first-order chi connectivity index (χ1) is 19.5. The third kappa shape index (κ3) is 4.90. The van der Waals surface area contributed by atoms with Crippen LogP contribution in [-0.4, -0.2) is 72.6 Å². The van der Waals surface area contributed by atoms with Gasteiger partial charge < -0.3 is 14.9 Å². The lowest BCUT2D eigenvalue weighted by Gasteiger charge is -2.36. The number of hydrogen-bond acceptors (Lipinski definition) is 7. The molecule has 200 valence electrons. The molecule has 0 spiro atoms. The van der Waals surface area contributed by atoms with E-state index in [0.717, 1.165) is 39.2 Å². The Morgan fingerprint density at radius 1 is 0.975 bits per heavy atom. The van der Waals surface area contributed by atoms with Crippen molar-refractivity contribution in [1.29, 1.82) is 5.26 Å². The summed E-state index contributed by atoms with van der Waals surface area (Å²) in [4.78, 5) is 21.4. The monoisotopic (exact) mass is 532 g/mol. The predicted octanol–water partition coefficient (Wildman–Crippen LogP) is 2.92. The Kier molecular flexibility index (Phi) is 6.72. The fourth-order valence-corrected chi connectivity index (χ4v) is 5.18. The molecule has 5 heterocycles. The van der Waals surface area contributed by atoms with Gasteiger partial charge in [-0.25, -0.2) is 9.50 Å². The van der Waals surface area contributed by atoms with Crippen LogP contribution in [0.2, 0.25) is 0 Å². The summed E-state index contributed by atoms with van der Waals surface area (Å²) in [6.45, 7) is 2.28. The predicted molar refractivity (Wildman–Crippen MR) is 150 cm³/mol. The summed E-state index contributed by atoms with van der Waals surface area (Å²) >= 11 is 0. The highest BCUT2D eigenvalue weighted by molar-refractivity contribution is 5.87. The van der Waals surface area contributed by atoms with Gasteiger partial charge in [0.15, 0.2) is 0 Å². The van der Waals surface area contributed by atoms with E-state index < -0.39 is 6.10 Å². The average molecular weight is 533 g/mol. The molecule has 1 saturated heterocycles. The van der Waals surface area contributed by atoms with E-state index in [1.54, 1.807) is 26.5 Å². The highest BCUT2D eigenvalue weighted by Crippen LogP contribution is 2.32. The van der Waals surface area contributed by atoms with Crippen molar-refractivity contribution in [2.45, 2.75) is 12.5 Å². The van der Waals surface area contributed by atoms with Crippen LogP contribution >= 0.6 is 0 Å². The van der Waals surface area contributed by atoms with E-state index in [-0.39, 0.29) is 5.91 Å². The van der Waals surface area contributed by atoms with Crippen LogP contribution in [0.5, 0.6) is 0 Å². The summed E-state index contributed by atoms with van der Waals surface area (Å²) in [5.41, 5.74) is 5.77. The number of benzene rings is 1. The van der Waals surface area contributed by atoms with Crippen LogP contribution in [-0.2, 0) is 18.3 Å². The highest BCUT2D eigenvalue weighted by atomic mass is 16.3. The second-order valence-corrected chi connectivity index (χ2v) is 9.93. The number of hydrogen-bond donors (Lipinski definition) is 1. The number of pyridine rings is 2. The van der Waals surface area contributed by atoms with Crippen molar-refractivity contribution >= 4 is 17.2 Å². The number of amides is 1. The van der Waals surface area contributed by atoms with Crippen LogP contribution in [0.3, 0.4) is 0 Å². The number of nitrogens with zero attached hydrogens (tertiary/aromatic N) is 8. The van der Waals surface area contributed by atoms with Crippen LogP contribution < -0.4 is 4.90 Å². The molecule has 10 heteroatoms. The normalized spacial score (nSPS) is 14.3. The van der Waals surface area contributed by atoms with E-state index in [9.17, 15) is 15.2 Å². The van der Waals surface area contributed by atoms with Crippen molar-refractivity contribution in [2.75, 3.05) is 31.1 Å². The summed E-state index contributed by atoms with van der Waals surface area (Å²) in [6, 6.07) is 17.8. The summed E-state index contributed by atoms with van der Waals surface area (Å²) in [5, 5.41) is 28.9. The molecule has 10 nitrogen and oxygen atoms in total. The van der Waals surface area contributed by atoms with Crippen molar-refractivity contribution in [3.05, 3.63) is 90.6 Å². The van der Waals surface area contributed by atoms with Gasteiger partial charge >= 0.3 is 0 Å². The fourth-order valence-electron chi connectivity index (χ4n) is 5.18. The molecule has 1 aromatic carbocycles. The average Bonchev–Trinajstić information content (AvgIpc) is 3.63. The van der Waals surface area contributed by atoms with Crippen LogP contribution in [0.15, 0.2) is 79.5 Å². The fraction of sp³-hybridized carbons (Fsp3) is 0.233. The smallest absolute Gasteiger partial charge is 0.251 e. The van der Waals surface area contributed by atoms with E-state index in [2.05, 4.69) is 21.2 Å². The Morgan fingerprint density at radius 2 is 1.77 bits per heavy atom. The number of carbonyl (C=O) groups excluding carboxylic acids is 1. The molecule has 0 aliphatic carbocycles. The summed E-state index contributed by atoms with van der Waals surface area (Å²) in [6.07, 6.45) is 8.28. The Morgan fingerprint density at radius 3 is 2.45 bits per heavy atom. The van der Waals surface area contributed by atoms with Gasteiger partial charge in [0, 0.05) is 80.5 Å². The third-order valence-corrected chi connectivity index (χ3v) is 7.30. The lowest BCUT2D eigenvalue weighted by Crippen LogP contribution is -2.52. The van der Waals surface area contributed by atoms with E-state index in [1.807, 2.05) is 74.2 Å². The van der Waals surface area contributed by atoms with Crippen molar-refractivity contribution in [3.8, 4) is 28.3 Å². The number of fused-ring (bicyclic) bond motifs is 1. The third-order valence-electron chi connectivity index (χ3n) is 7.30. The lowest BCUT2D eigenvalue weighted by atomic mass is 10.0. The topological polar surface area (TPSA) is 116 Å². The Labute approximate surface area is 231 Å². The maximum absolute atomic E-state index is 12.8. The Bertz CT molecular complexity index is 1690. The Balaban J connectivity index is 1.18. The van der Waals surface area contributed by atoms with E-state index in [0.29, 0.717) is 38.2 Å². The molecule has 6 rings (SSSR count). The first-order valence-corrected chi connectivity index (χ1v) is 13.1. The molecule has 0 unspecified atom stereocenters. The second kappa shape index (κ2) is 10.6. The minimum atomic E-state index is -1.05. The number of nitriles is 1. The van der Waals surface area contributed by atoms with Gasteiger partial charge in [-0.3, -0.25) is 9.48 Å². The van der Waals surface area contributed by atoms with Gasteiger partial charge in [0.1, 0.15) is 18.0 Å². The largest absolute Gasteiger partial charge is 0.383 e. The van der Waals surface area contributed by atoms with Gasteiger partial charge in [-0.05, 0) is 23.8 Å². The number of aliphatic hydroxyl groups excluding tert-OH is 1. The standard InChI is InChI=1S/C30H28N8O2/c1-35-19-25(18-33-35)23-14-26(29-24(15-31)17-34-38(29)20-23)22-7-8-28(32-16-22)36-9-11-37(12-10-36)30(40)27(39)13-21-5-3-2-4-6-21/h2-8,14,16-20,27,39H,9-13H2,1H3/t27-/m0/s1. The highest BCUT2D eigenvalue weighted by Gasteiger charge is 2.27. The van der Waals surface area contributed by atoms with Gasteiger partial charge in [0.25, 0.3) is 5.91 Å². The lowest BCUT2D eigenvalue weighted by molar-refractivity contribution is -0.140. The van der Waals surface area contributed by atoms with E-state index >= 15 is 0 Å². The van der Waals surface area contributed by atoms with Crippen molar-refractivity contribution in [2.24, 2.45) is 7.05 Å². The minimum absolute atomic E-state index is 0.238. The van der Waals surface area contributed by atoms with Gasteiger partial charge in [0.05, 0.1) is 23.5 Å². The van der Waals surface area contributed by atoms with Crippen LogP contribution in [0.25, 0.3) is 27.8 Å². The maximum Gasteiger partial charge on any atom is 0.251 e. The number of rotatable bonds is 6. The molecule has 1 amide bonds. The molecule has 4 aromatic heterocycles.